The number of hydrogen-bond acceptors (Lipinski definition) is 2. The first kappa shape index (κ1) is 13.8. The fourth-order valence-corrected chi connectivity index (χ4v) is 1.71. The van der Waals surface area contributed by atoms with E-state index in [1.54, 1.807) is 7.11 Å². The number of rotatable bonds is 3. The van der Waals surface area contributed by atoms with Gasteiger partial charge in [0.1, 0.15) is 5.75 Å². The molecule has 0 spiro atoms. The molecule has 0 heterocycles. The number of nitrogens with two attached hydrogens (primary N) is 1. The van der Waals surface area contributed by atoms with Crippen LogP contribution >= 0.6 is 28.3 Å². The van der Waals surface area contributed by atoms with Crippen LogP contribution in [-0.4, -0.2) is 7.11 Å². The fourth-order valence-electron chi connectivity index (χ4n) is 1.15. The first-order chi connectivity index (χ1) is 6.19. The lowest BCUT2D eigenvalue weighted by atomic mass is 10.1. The van der Waals surface area contributed by atoms with Gasteiger partial charge in [0.05, 0.1) is 11.6 Å². The van der Waals surface area contributed by atoms with Gasteiger partial charge in [-0.05, 0) is 40.0 Å². The molecule has 1 atom stereocenters. The smallest absolute Gasteiger partial charge is 0.133 e. The van der Waals surface area contributed by atoms with Crippen molar-refractivity contribution in [3.05, 3.63) is 28.2 Å². The van der Waals surface area contributed by atoms with E-state index in [2.05, 4.69) is 22.9 Å². The first-order valence-electron chi connectivity index (χ1n) is 4.28. The van der Waals surface area contributed by atoms with Gasteiger partial charge in [-0.2, -0.15) is 0 Å². The second-order valence-electron chi connectivity index (χ2n) is 2.91. The Morgan fingerprint density at radius 2 is 2.14 bits per heavy atom. The quantitative estimate of drug-likeness (QED) is 0.922. The summed E-state index contributed by atoms with van der Waals surface area (Å²) in [6, 6.07) is 6.04. The Kier molecular flexibility index (Phi) is 6.16. The second-order valence-corrected chi connectivity index (χ2v) is 3.76. The summed E-state index contributed by atoms with van der Waals surface area (Å²) in [7, 11) is 1.65. The third-order valence-electron chi connectivity index (χ3n) is 2.04. The normalized spacial score (nSPS) is 11.7. The van der Waals surface area contributed by atoms with E-state index in [1.165, 1.54) is 0 Å². The van der Waals surface area contributed by atoms with Gasteiger partial charge >= 0.3 is 0 Å². The first-order valence-corrected chi connectivity index (χ1v) is 5.07. The van der Waals surface area contributed by atoms with E-state index in [0.29, 0.717) is 0 Å². The van der Waals surface area contributed by atoms with Crippen molar-refractivity contribution in [3.8, 4) is 5.75 Å². The molecule has 0 radical (unpaired) electrons. The van der Waals surface area contributed by atoms with Crippen LogP contribution in [0.4, 0.5) is 0 Å². The van der Waals surface area contributed by atoms with Crippen LogP contribution in [0.1, 0.15) is 24.9 Å². The summed E-state index contributed by atoms with van der Waals surface area (Å²) >= 11 is 3.42. The SMILES string of the molecule is CC[C@@H](N)c1ccc(OC)c(Br)c1.Cl. The second kappa shape index (κ2) is 6.27. The topological polar surface area (TPSA) is 35.2 Å². The molecule has 0 saturated heterocycles. The van der Waals surface area contributed by atoms with Crippen molar-refractivity contribution in [2.75, 3.05) is 7.11 Å². The summed E-state index contributed by atoms with van der Waals surface area (Å²) in [4.78, 5) is 0. The Labute approximate surface area is 99.4 Å². The molecule has 0 aliphatic carbocycles. The van der Waals surface area contributed by atoms with Crippen LogP contribution in [0.3, 0.4) is 0 Å². The van der Waals surface area contributed by atoms with Crippen LogP contribution < -0.4 is 10.5 Å². The van der Waals surface area contributed by atoms with Crippen LogP contribution in [0.15, 0.2) is 22.7 Å². The fraction of sp³-hybridized carbons (Fsp3) is 0.400. The van der Waals surface area contributed by atoms with Crippen LogP contribution in [0.25, 0.3) is 0 Å². The Hall–Kier alpha value is -0.250. The van der Waals surface area contributed by atoms with Crippen molar-refractivity contribution >= 4 is 28.3 Å². The maximum Gasteiger partial charge on any atom is 0.133 e. The molecule has 80 valence electrons. The minimum atomic E-state index is 0. The zero-order valence-corrected chi connectivity index (χ0v) is 10.7. The van der Waals surface area contributed by atoms with Crippen LogP contribution in [-0.2, 0) is 0 Å². The molecule has 0 fully saturated rings. The molecule has 2 nitrogen and oxygen atoms in total. The van der Waals surface area contributed by atoms with Crippen molar-refractivity contribution in [2.24, 2.45) is 5.73 Å². The summed E-state index contributed by atoms with van der Waals surface area (Å²) < 4.78 is 6.08. The van der Waals surface area contributed by atoms with E-state index in [-0.39, 0.29) is 18.4 Å². The highest BCUT2D eigenvalue weighted by molar-refractivity contribution is 9.10. The summed E-state index contributed by atoms with van der Waals surface area (Å²) in [6.45, 7) is 2.07. The molecular weight excluding hydrogens is 265 g/mol. The zero-order valence-electron chi connectivity index (χ0n) is 8.29. The van der Waals surface area contributed by atoms with Crippen molar-refractivity contribution in [2.45, 2.75) is 19.4 Å². The molecule has 1 aromatic rings. The molecule has 4 heteroatoms. The van der Waals surface area contributed by atoms with Gasteiger partial charge in [0.15, 0.2) is 0 Å². The lowest BCUT2D eigenvalue weighted by Crippen LogP contribution is -2.08. The standard InChI is InChI=1S/C10H14BrNO.ClH/c1-3-9(12)7-4-5-10(13-2)8(11)6-7;/h4-6,9H,3,12H2,1-2H3;1H/t9-;/m1./s1. The van der Waals surface area contributed by atoms with E-state index in [4.69, 9.17) is 10.5 Å². The van der Waals surface area contributed by atoms with Gasteiger partial charge in [-0.3, -0.25) is 0 Å². The van der Waals surface area contributed by atoms with E-state index in [0.717, 1.165) is 22.2 Å². The molecule has 0 aromatic heterocycles. The molecule has 0 amide bonds. The molecule has 1 rings (SSSR count). The predicted molar refractivity (Wildman–Crippen MR) is 65.2 cm³/mol. The van der Waals surface area contributed by atoms with E-state index in [9.17, 15) is 0 Å². The predicted octanol–water partition coefficient (Wildman–Crippen LogP) is 3.29. The maximum atomic E-state index is 5.89. The highest BCUT2D eigenvalue weighted by Gasteiger charge is 2.06. The number of ether oxygens (including phenoxy) is 1. The molecular formula is C10H15BrClNO. The zero-order chi connectivity index (χ0) is 9.84. The summed E-state index contributed by atoms with van der Waals surface area (Å²) in [5.74, 6) is 0.840. The van der Waals surface area contributed by atoms with Crippen molar-refractivity contribution < 1.29 is 4.74 Å². The van der Waals surface area contributed by atoms with Gasteiger partial charge in [0.2, 0.25) is 0 Å². The Balaban J connectivity index is 0.00000169. The van der Waals surface area contributed by atoms with Crippen LogP contribution in [0.5, 0.6) is 5.75 Å². The summed E-state index contributed by atoms with van der Waals surface area (Å²) in [5, 5.41) is 0. The molecule has 14 heavy (non-hydrogen) atoms. The lowest BCUT2D eigenvalue weighted by Gasteiger charge is -2.11. The third kappa shape index (κ3) is 3.15. The van der Waals surface area contributed by atoms with Gasteiger partial charge in [0, 0.05) is 6.04 Å². The highest BCUT2D eigenvalue weighted by atomic mass is 79.9. The van der Waals surface area contributed by atoms with Crippen LogP contribution in [0, 0.1) is 0 Å². The number of halogens is 2. The molecule has 2 N–H and O–H groups in total. The Bertz CT molecular complexity index is 293. The van der Waals surface area contributed by atoms with Gasteiger partial charge in [-0.15, -0.1) is 12.4 Å². The highest BCUT2D eigenvalue weighted by Crippen LogP contribution is 2.27. The summed E-state index contributed by atoms with van der Waals surface area (Å²) in [6.07, 6.45) is 0.943. The molecule has 0 unspecified atom stereocenters. The molecule has 0 aliphatic rings. The van der Waals surface area contributed by atoms with E-state index >= 15 is 0 Å². The summed E-state index contributed by atoms with van der Waals surface area (Å²) in [5.41, 5.74) is 7.03. The molecule has 0 aliphatic heterocycles. The number of benzene rings is 1. The number of hydrogen-bond donors (Lipinski definition) is 1. The Morgan fingerprint density at radius 1 is 1.50 bits per heavy atom. The average molecular weight is 281 g/mol. The largest absolute Gasteiger partial charge is 0.496 e. The van der Waals surface area contributed by atoms with Gasteiger partial charge < -0.3 is 10.5 Å². The third-order valence-corrected chi connectivity index (χ3v) is 2.66. The maximum absolute atomic E-state index is 5.89. The van der Waals surface area contributed by atoms with Gasteiger partial charge in [0.25, 0.3) is 0 Å². The average Bonchev–Trinajstić information content (AvgIpc) is 2.16. The van der Waals surface area contributed by atoms with Crippen LogP contribution in [0.2, 0.25) is 0 Å². The van der Waals surface area contributed by atoms with Gasteiger partial charge in [-0.1, -0.05) is 13.0 Å². The molecule has 0 bridgehead atoms. The molecule has 1 aromatic carbocycles. The Morgan fingerprint density at radius 3 is 2.57 bits per heavy atom. The number of methoxy groups -OCH3 is 1. The van der Waals surface area contributed by atoms with E-state index in [1.807, 2.05) is 18.2 Å². The van der Waals surface area contributed by atoms with E-state index < -0.39 is 0 Å². The van der Waals surface area contributed by atoms with Crippen molar-refractivity contribution in [1.82, 2.24) is 0 Å². The van der Waals surface area contributed by atoms with Crippen molar-refractivity contribution in [3.63, 3.8) is 0 Å². The minimum absolute atomic E-state index is 0. The minimum Gasteiger partial charge on any atom is -0.496 e. The molecule has 0 saturated carbocycles. The monoisotopic (exact) mass is 279 g/mol. The van der Waals surface area contributed by atoms with Gasteiger partial charge in [-0.25, -0.2) is 0 Å². The van der Waals surface area contributed by atoms with Crippen molar-refractivity contribution in [1.29, 1.82) is 0 Å². The lowest BCUT2D eigenvalue weighted by molar-refractivity contribution is 0.412.